The van der Waals surface area contributed by atoms with Gasteiger partial charge in [-0.25, -0.2) is 4.98 Å². The highest BCUT2D eigenvalue weighted by molar-refractivity contribution is 6.25. The van der Waals surface area contributed by atoms with Crippen LogP contribution in [0.1, 0.15) is 134 Å². The molecular weight excluding hydrogens is 851 g/mol. The number of piperidine rings is 2. The van der Waals surface area contributed by atoms with Crippen LogP contribution in [0.2, 0.25) is 0 Å². The van der Waals surface area contributed by atoms with Gasteiger partial charge >= 0.3 is 0 Å². The number of amides is 5. The molecule has 2 saturated carbocycles. The van der Waals surface area contributed by atoms with Crippen molar-refractivity contribution in [2.75, 3.05) is 43.4 Å². The molecule has 350 valence electrons. The Morgan fingerprint density at radius 2 is 1.68 bits per heavy atom. The van der Waals surface area contributed by atoms with E-state index in [0.717, 1.165) is 68.9 Å². The third-order valence-electron chi connectivity index (χ3n) is 14.3. The molecule has 0 radical (unpaired) electrons. The maximum Gasteiger partial charge on any atom is 0.287 e. The number of imide groups is 2. The Kier molecular flexibility index (Phi) is 12.2. The minimum absolute atomic E-state index is 0.0522. The van der Waals surface area contributed by atoms with Gasteiger partial charge in [0.05, 0.1) is 34.0 Å². The quantitative estimate of drug-likeness (QED) is 0.0948. The first-order valence-corrected chi connectivity index (χ1v) is 23.3. The van der Waals surface area contributed by atoms with Crippen LogP contribution in [0.4, 0.5) is 20.2 Å². The normalized spacial score (nSPS) is 22.6. The topological polar surface area (TPSA) is 188 Å². The van der Waals surface area contributed by atoms with Crippen molar-refractivity contribution in [2.24, 2.45) is 17.3 Å². The van der Waals surface area contributed by atoms with Gasteiger partial charge < -0.3 is 25.4 Å². The van der Waals surface area contributed by atoms with E-state index in [9.17, 15) is 37.9 Å². The van der Waals surface area contributed by atoms with Crippen LogP contribution in [-0.4, -0.2) is 104 Å². The summed E-state index contributed by atoms with van der Waals surface area (Å²) in [5, 5.41) is 24.5. The van der Waals surface area contributed by atoms with E-state index in [1.165, 1.54) is 43.9 Å². The molecular formula is C49H58F2N8O7. The molecule has 9 rings (SSSR count). The summed E-state index contributed by atoms with van der Waals surface area (Å²) in [6, 6.07) is 11.8. The van der Waals surface area contributed by atoms with Crippen LogP contribution in [0.5, 0.6) is 5.75 Å². The maximum atomic E-state index is 14.0. The zero-order chi connectivity index (χ0) is 46.5. The van der Waals surface area contributed by atoms with Gasteiger partial charge in [0.1, 0.15) is 29.8 Å². The molecule has 5 aliphatic rings. The fourth-order valence-electron chi connectivity index (χ4n) is 10.7. The highest BCUT2D eigenvalue weighted by Gasteiger charge is 2.47. The summed E-state index contributed by atoms with van der Waals surface area (Å²) in [5.74, 6) is -4.37. The predicted octanol–water partition coefficient (Wildman–Crippen LogP) is 7.07. The first-order chi connectivity index (χ1) is 31.4. The number of aliphatic hydroxyl groups is 1. The van der Waals surface area contributed by atoms with Gasteiger partial charge in [-0.15, -0.1) is 0 Å². The molecule has 15 nitrogen and oxygen atoms in total. The maximum absolute atomic E-state index is 14.0. The lowest BCUT2D eigenvalue weighted by Gasteiger charge is -2.53. The van der Waals surface area contributed by atoms with Crippen LogP contribution in [-0.2, 0) is 15.5 Å². The van der Waals surface area contributed by atoms with Gasteiger partial charge in [0.15, 0.2) is 0 Å². The van der Waals surface area contributed by atoms with Crippen LogP contribution < -0.4 is 20.7 Å². The molecule has 66 heavy (non-hydrogen) atoms. The van der Waals surface area contributed by atoms with Crippen LogP contribution >= 0.6 is 0 Å². The van der Waals surface area contributed by atoms with Crippen molar-refractivity contribution in [1.29, 1.82) is 0 Å². The second-order valence-electron chi connectivity index (χ2n) is 20.0. The van der Waals surface area contributed by atoms with E-state index in [2.05, 4.69) is 25.8 Å². The average molecular weight is 909 g/mol. The molecule has 5 heterocycles. The summed E-state index contributed by atoms with van der Waals surface area (Å²) in [5.41, 5.74) is 0.761. The summed E-state index contributed by atoms with van der Waals surface area (Å²) in [4.78, 5) is 71.7. The number of likely N-dealkylation sites (tertiary alicyclic amines) is 1. The largest absolute Gasteiger partial charge is 0.488 e. The molecule has 5 amide bonds. The molecule has 17 heteroatoms. The number of ether oxygens (including phenoxy) is 1. The Hall–Kier alpha value is -5.81. The number of carbonyl (C=O) groups excluding carboxylic acids is 5. The van der Waals surface area contributed by atoms with Crippen LogP contribution in [0.15, 0.2) is 54.7 Å². The van der Waals surface area contributed by atoms with E-state index >= 15 is 0 Å². The second kappa shape index (κ2) is 17.8. The monoisotopic (exact) mass is 908 g/mol. The summed E-state index contributed by atoms with van der Waals surface area (Å²) in [6.07, 6.45) is 12.1. The Balaban J connectivity index is 0.736. The van der Waals surface area contributed by atoms with Gasteiger partial charge in [-0.2, -0.15) is 13.9 Å². The molecule has 2 aromatic heterocycles. The molecule has 2 aliphatic carbocycles. The minimum Gasteiger partial charge on any atom is -0.488 e. The summed E-state index contributed by atoms with van der Waals surface area (Å²) in [7, 11) is 0. The van der Waals surface area contributed by atoms with Crippen molar-refractivity contribution in [1.82, 2.24) is 29.9 Å². The Morgan fingerprint density at radius 1 is 0.939 bits per heavy atom. The van der Waals surface area contributed by atoms with Crippen molar-refractivity contribution in [3.63, 3.8) is 0 Å². The van der Waals surface area contributed by atoms with Crippen LogP contribution in [0, 0.1) is 17.3 Å². The summed E-state index contributed by atoms with van der Waals surface area (Å²) >= 11 is 0. The molecule has 0 bridgehead atoms. The lowest BCUT2D eigenvalue weighted by Crippen LogP contribution is -2.54. The van der Waals surface area contributed by atoms with Crippen LogP contribution in [0.25, 0.3) is 10.9 Å². The molecule has 2 saturated heterocycles. The number of nitrogens with zero attached hydrogens (tertiary/aromatic N) is 5. The number of aromatic nitrogens is 3. The third kappa shape index (κ3) is 9.55. The highest BCUT2D eigenvalue weighted by atomic mass is 19.3. The Labute approximate surface area is 382 Å². The third-order valence-corrected chi connectivity index (χ3v) is 14.3. The van der Waals surface area contributed by atoms with E-state index in [-0.39, 0.29) is 36.7 Å². The predicted molar refractivity (Wildman–Crippen MR) is 241 cm³/mol. The summed E-state index contributed by atoms with van der Waals surface area (Å²) < 4.78 is 36.0. The van der Waals surface area contributed by atoms with E-state index in [4.69, 9.17) is 9.84 Å². The molecule has 2 aromatic carbocycles. The van der Waals surface area contributed by atoms with Crippen molar-refractivity contribution in [3.05, 3.63) is 77.2 Å². The zero-order valence-electron chi connectivity index (χ0n) is 37.7. The number of nitrogens with one attached hydrogen (secondary N) is 3. The Morgan fingerprint density at radius 3 is 2.39 bits per heavy atom. The first-order valence-electron chi connectivity index (χ1n) is 23.3. The van der Waals surface area contributed by atoms with E-state index in [1.807, 2.05) is 10.9 Å². The molecule has 1 spiro atoms. The van der Waals surface area contributed by atoms with Crippen molar-refractivity contribution < 1.29 is 42.6 Å². The summed E-state index contributed by atoms with van der Waals surface area (Å²) in [6.45, 7) is 7.89. The van der Waals surface area contributed by atoms with Gasteiger partial charge in [0.25, 0.3) is 23.6 Å². The van der Waals surface area contributed by atoms with Crippen molar-refractivity contribution in [3.8, 4) is 5.75 Å². The van der Waals surface area contributed by atoms with E-state index in [0.29, 0.717) is 52.0 Å². The fraction of sp³-hybridized carbons (Fsp3) is 0.531. The number of anilines is 2. The molecule has 4 aromatic rings. The Bertz CT molecular complexity index is 2540. The van der Waals surface area contributed by atoms with Crippen molar-refractivity contribution in [2.45, 2.75) is 115 Å². The number of alkyl halides is 2. The molecule has 1 unspecified atom stereocenters. The van der Waals surface area contributed by atoms with Gasteiger partial charge in [0.2, 0.25) is 11.8 Å². The number of hydrogen-bond donors (Lipinski definition) is 4. The zero-order valence-corrected chi connectivity index (χ0v) is 37.7. The van der Waals surface area contributed by atoms with Gasteiger partial charge in [-0.3, -0.25) is 38.9 Å². The molecule has 4 fully saturated rings. The molecule has 1 atom stereocenters. The van der Waals surface area contributed by atoms with E-state index in [1.54, 1.807) is 44.2 Å². The second-order valence-corrected chi connectivity index (χ2v) is 20.0. The first kappa shape index (κ1) is 45.4. The van der Waals surface area contributed by atoms with Gasteiger partial charge in [0, 0.05) is 49.8 Å². The number of halogens is 2. The SMILES string of the molecule is CC(C)(O)COc1cc2nn([C@H]3CC[C@H](CN4CCC5(CC4)CC(CCNc4cccc6c4C(=O)N(C4CCC(=O)NC4=O)C6=O)C5)CC3)cc2cc1NC(=O)c1cccc(C(C)(F)F)n1. The lowest BCUT2D eigenvalue weighted by atomic mass is 9.57. The smallest absolute Gasteiger partial charge is 0.287 e. The number of pyridine rings is 1. The number of carbonyl (C=O) groups is 5. The number of hydrogen-bond acceptors (Lipinski definition) is 11. The average Bonchev–Trinajstić information content (AvgIpc) is 3.79. The standard InChI is InChI=1S/C49H58F2N8O7/c1-47(2,65)28-66-39-23-36-31(22-37(39)54-43(61)35-8-5-9-40(53-35)48(3,50)51)27-58(56-36)32-12-10-29(11-13-32)26-57-20-17-49(18-21-57)24-30(25-49)16-19-52-34-7-4-6-33-42(34)46(64)59(45(33)63)38-14-15-41(60)55-44(38)62/h4-9,22-23,27,29-30,32,38,52,65H,10-21,24-26,28H2,1-3H3,(H,54,61)(H,55,60,62)/t29-,32-,38?. The lowest BCUT2D eigenvalue weighted by molar-refractivity contribution is -0.136. The van der Waals surface area contributed by atoms with Crippen LogP contribution in [0.3, 0.4) is 0 Å². The van der Waals surface area contributed by atoms with E-state index < -0.39 is 52.8 Å². The number of fused-ring (bicyclic) bond motifs is 2. The van der Waals surface area contributed by atoms with Gasteiger partial charge in [-0.05, 0) is 139 Å². The molecule has 3 aliphatic heterocycles. The molecule has 4 N–H and O–H groups in total. The minimum atomic E-state index is -3.21. The number of benzene rings is 2. The highest BCUT2D eigenvalue weighted by Crippen LogP contribution is 2.54. The fourth-order valence-corrected chi connectivity index (χ4v) is 10.7. The van der Waals surface area contributed by atoms with Crippen molar-refractivity contribution >= 4 is 51.8 Å². The van der Waals surface area contributed by atoms with Gasteiger partial charge in [-0.1, -0.05) is 12.1 Å². The number of rotatable bonds is 14.